The number of rotatable bonds is 0. The Kier molecular flexibility index (Phi) is 1.39. The molecule has 2 nitrogen and oxygen atoms in total. The predicted octanol–water partition coefficient (Wildman–Crippen LogP) is 2.51. The number of aromatic nitrogens is 1. The second-order valence-electron chi connectivity index (χ2n) is 2.41. The summed E-state index contributed by atoms with van der Waals surface area (Å²) < 4.78 is 1.06. The standard InChI is InChI=1S/C8H7BrN2/c9-6-4-11-8-5(6)2-1-3-7(8)10/h1-4,11H,10H2. The third kappa shape index (κ3) is 0.922. The lowest BCUT2D eigenvalue weighted by molar-refractivity contribution is 1.47. The van der Waals surface area contributed by atoms with Crippen molar-refractivity contribution in [2.24, 2.45) is 0 Å². The summed E-state index contributed by atoms with van der Waals surface area (Å²) in [4.78, 5) is 3.08. The van der Waals surface area contributed by atoms with Gasteiger partial charge in [-0.1, -0.05) is 12.1 Å². The minimum absolute atomic E-state index is 0.785. The first-order valence-corrected chi connectivity index (χ1v) is 4.09. The molecular formula is C8H7BrN2. The third-order valence-corrected chi connectivity index (χ3v) is 2.35. The van der Waals surface area contributed by atoms with Crippen LogP contribution in [0.1, 0.15) is 0 Å². The molecule has 56 valence electrons. The summed E-state index contributed by atoms with van der Waals surface area (Å²) in [6, 6.07) is 5.84. The molecule has 0 aliphatic rings. The number of nitrogen functional groups attached to an aromatic ring is 1. The quantitative estimate of drug-likeness (QED) is 0.646. The zero-order valence-corrected chi connectivity index (χ0v) is 7.35. The van der Waals surface area contributed by atoms with Gasteiger partial charge in [-0.2, -0.15) is 0 Å². The Morgan fingerprint density at radius 2 is 2.18 bits per heavy atom. The zero-order chi connectivity index (χ0) is 7.84. The van der Waals surface area contributed by atoms with Gasteiger partial charge in [-0.25, -0.2) is 0 Å². The predicted molar refractivity (Wildman–Crippen MR) is 50.4 cm³/mol. The molecule has 1 aromatic carbocycles. The molecule has 2 aromatic rings. The van der Waals surface area contributed by atoms with Gasteiger partial charge in [0, 0.05) is 16.1 Å². The fourth-order valence-electron chi connectivity index (χ4n) is 1.14. The lowest BCUT2D eigenvalue weighted by atomic mass is 10.2. The maximum absolute atomic E-state index is 5.72. The smallest absolute Gasteiger partial charge is 0.0699 e. The van der Waals surface area contributed by atoms with Crippen LogP contribution in [-0.2, 0) is 0 Å². The van der Waals surface area contributed by atoms with E-state index in [2.05, 4.69) is 20.9 Å². The third-order valence-electron chi connectivity index (χ3n) is 1.70. The maximum atomic E-state index is 5.72. The van der Waals surface area contributed by atoms with E-state index in [0.29, 0.717) is 0 Å². The van der Waals surface area contributed by atoms with Crippen molar-refractivity contribution >= 4 is 32.5 Å². The molecule has 0 saturated carbocycles. The summed E-state index contributed by atoms with van der Waals surface area (Å²) in [5.74, 6) is 0. The number of hydrogen-bond acceptors (Lipinski definition) is 1. The summed E-state index contributed by atoms with van der Waals surface area (Å²) in [5, 5.41) is 1.13. The number of fused-ring (bicyclic) bond motifs is 1. The molecule has 0 fully saturated rings. The molecule has 0 radical (unpaired) electrons. The van der Waals surface area contributed by atoms with E-state index in [-0.39, 0.29) is 0 Å². The van der Waals surface area contributed by atoms with Gasteiger partial charge in [0.25, 0.3) is 0 Å². The first-order chi connectivity index (χ1) is 5.29. The van der Waals surface area contributed by atoms with E-state index < -0.39 is 0 Å². The first-order valence-electron chi connectivity index (χ1n) is 3.30. The Morgan fingerprint density at radius 1 is 1.36 bits per heavy atom. The van der Waals surface area contributed by atoms with Crippen LogP contribution in [0.3, 0.4) is 0 Å². The van der Waals surface area contributed by atoms with Crippen LogP contribution in [0.25, 0.3) is 10.9 Å². The van der Waals surface area contributed by atoms with E-state index in [1.807, 2.05) is 24.4 Å². The van der Waals surface area contributed by atoms with Crippen LogP contribution in [0.15, 0.2) is 28.9 Å². The molecule has 0 spiro atoms. The molecule has 3 N–H and O–H groups in total. The van der Waals surface area contributed by atoms with Gasteiger partial charge in [0.1, 0.15) is 0 Å². The number of benzene rings is 1. The summed E-state index contributed by atoms with van der Waals surface area (Å²) in [6.07, 6.45) is 1.89. The number of nitrogens with one attached hydrogen (secondary N) is 1. The molecule has 0 aliphatic carbocycles. The number of nitrogens with two attached hydrogens (primary N) is 1. The molecule has 0 amide bonds. The Balaban J connectivity index is 2.94. The van der Waals surface area contributed by atoms with Gasteiger partial charge < -0.3 is 10.7 Å². The van der Waals surface area contributed by atoms with Crippen LogP contribution in [0, 0.1) is 0 Å². The number of H-pyrrole nitrogens is 1. The Bertz CT molecular complexity index is 392. The van der Waals surface area contributed by atoms with Gasteiger partial charge in [-0.3, -0.25) is 0 Å². The van der Waals surface area contributed by atoms with Gasteiger partial charge in [0.2, 0.25) is 0 Å². The van der Waals surface area contributed by atoms with Crippen molar-refractivity contribution in [2.75, 3.05) is 5.73 Å². The van der Waals surface area contributed by atoms with Crippen molar-refractivity contribution < 1.29 is 0 Å². The zero-order valence-electron chi connectivity index (χ0n) is 5.76. The highest BCUT2D eigenvalue weighted by Crippen LogP contribution is 2.26. The minimum Gasteiger partial charge on any atom is -0.397 e. The fourth-order valence-corrected chi connectivity index (χ4v) is 1.59. The highest BCUT2D eigenvalue weighted by molar-refractivity contribution is 9.10. The lowest BCUT2D eigenvalue weighted by Gasteiger charge is -1.93. The van der Waals surface area contributed by atoms with Crippen LogP contribution in [0.2, 0.25) is 0 Å². The average molecular weight is 211 g/mol. The molecule has 1 heterocycles. The van der Waals surface area contributed by atoms with E-state index in [0.717, 1.165) is 21.1 Å². The summed E-state index contributed by atoms with van der Waals surface area (Å²) in [5.41, 5.74) is 7.50. The molecule has 0 atom stereocenters. The van der Waals surface area contributed by atoms with Crippen LogP contribution in [0.4, 0.5) is 5.69 Å². The molecule has 11 heavy (non-hydrogen) atoms. The van der Waals surface area contributed by atoms with Gasteiger partial charge in [-0.15, -0.1) is 0 Å². The van der Waals surface area contributed by atoms with Gasteiger partial charge in [0.15, 0.2) is 0 Å². The van der Waals surface area contributed by atoms with Crippen molar-refractivity contribution in [3.8, 4) is 0 Å². The molecule has 0 bridgehead atoms. The van der Waals surface area contributed by atoms with E-state index in [1.165, 1.54) is 0 Å². The van der Waals surface area contributed by atoms with Gasteiger partial charge >= 0.3 is 0 Å². The highest BCUT2D eigenvalue weighted by atomic mass is 79.9. The second-order valence-corrected chi connectivity index (χ2v) is 3.26. The molecule has 0 saturated heterocycles. The summed E-state index contributed by atoms with van der Waals surface area (Å²) in [6.45, 7) is 0. The molecule has 1 aromatic heterocycles. The van der Waals surface area contributed by atoms with Gasteiger partial charge in [-0.05, 0) is 22.0 Å². The van der Waals surface area contributed by atoms with Gasteiger partial charge in [0.05, 0.1) is 11.2 Å². The van der Waals surface area contributed by atoms with Crippen LogP contribution < -0.4 is 5.73 Å². The number of para-hydroxylation sites is 1. The number of halogens is 1. The molecule has 0 aliphatic heterocycles. The topological polar surface area (TPSA) is 41.8 Å². The molecule has 3 heteroatoms. The lowest BCUT2D eigenvalue weighted by Crippen LogP contribution is -1.84. The summed E-state index contributed by atoms with van der Waals surface area (Å²) in [7, 11) is 0. The highest BCUT2D eigenvalue weighted by Gasteiger charge is 2.01. The van der Waals surface area contributed by atoms with Crippen molar-refractivity contribution in [1.29, 1.82) is 0 Å². The second kappa shape index (κ2) is 2.27. The number of hydrogen-bond donors (Lipinski definition) is 2. The average Bonchev–Trinajstić information content (AvgIpc) is 2.35. The molecule has 0 unspecified atom stereocenters. The van der Waals surface area contributed by atoms with E-state index >= 15 is 0 Å². The van der Waals surface area contributed by atoms with E-state index in [9.17, 15) is 0 Å². The Morgan fingerprint density at radius 3 is 2.91 bits per heavy atom. The molecular weight excluding hydrogens is 204 g/mol. The monoisotopic (exact) mass is 210 g/mol. The van der Waals surface area contributed by atoms with Crippen LogP contribution >= 0.6 is 15.9 Å². The Labute approximate surface area is 72.5 Å². The van der Waals surface area contributed by atoms with Crippen molar-refractivity contribution in [3.05, 3.63) is 28.9 Å². The number of aromatic amines is 1. The van der Waals surface area contributed by atoms with E-state index in [4.69, 9.17) is 5.73 Å². The maximum Gasteiger partial charge on any atom is 0.0699 e. The largest absolute Gasteiger partial charge is 0.397 e. The fraction of sp³-hybridized carbons (Fsp3) is 0. The SMILES string of the molecule is Nc1cccc2c(Br)c[nH]c12. The first kappa shape index (κ1) is 6.73. The van der Waals surface area contributed by atoms with Crippen molar-refractivity contribution in [2.45, 2.75) is 0 Å². The Hall–Kier alpha value is -0.960. The minimum atomic E-state index is 0.785. The normalized spacial score (nSPS) is 10.6. The summed E-state index contributed by atoms with van der Waals surface area (Å²) >= 11 is 3.41. The van der Waals surface area contributed by atoms with Crippen molar-refractivity contribution in [1.82, 2.24) is 4.98 Å². The number of anilines is 1. The van der Waals surface area contributed by atoms with Crippen LogP contribution in [-0.4, -0.2) is 4.98 Å². The van der Waals surface area contributed by atoms with Crippen molar-refractivity contribution in [3.63, 3.8) is 0 Å². The van der Waals surface area contributed by atoms with Crippen LogP contribution in [0.5, 0.6) is 0 Å². The van der Waals surface area contributed by atoms with E-state index in [1.54, 1.807) is 0 Å². The molecule has 2 rings (SSSR count).